The number of hydrogen-bond donors (Lipinski definition) is 1. The van der Waals surface area contributed by atoms with E-state index < -0.39 is 0 Å². The Labute approximate surface area is 116 Å². The standard InChI is InChI=1S/C15H25NO3/c1-11(2)16-9-13-8-14(18-5)6-7-15(13)19-10-12(3)17-4/h6-8,11-12,16H,9-10H2,1-5H3. The molecule has 0 aliphatic heterocycles. The molecule has 1 atom stereocenters. The Morgan fingerprint density at radius 1 is 1.16 bits per heavy atom. The van der Waals surface area contributed by atoms with Crippen LogP contribution in [0.4, 0.5) is 0 Å². The van der Waals surface area contributed by atoms with Gasteiger partial charge in [0.1, 0.15) is 18.1 Å². The minimum absolute atomic E-state index is 0.0769. The Morgan fingerprint density at radius 2 is 1.89 bits per heavy atom. The van der Waals surface area contributed by atoms with Crippen LogP contribution in [0.15, 0.2) is 18.2 Å². The van der Waals surface area contributed by atoms with Gasteiger partial charge in [-0.15, -0.1) is 0 Å². The Morgan fingerprint density at radius 3 is 2.47 bits per heavy atom. The molecule has 0 bridgehead atoms. The third-order valence-electron chi connectivity index (χ3n) is 2.84. The first-order valence-corrected chi connectivity index (χ1v) is 6.62. The van der Waals surface area contributed by atoms with Crippen LogP contribution in [0.2, 0.25) is 0 Å². The van der Waals surface area contributed by atoms with E-state index in [0.717, 1.165) is 23.6 Å². The molecule has 1 N–H and O–H groups in total. The van der Waals surface area contributed by atoms with Crippen molar-refractivity contribution in [2.24, 2.45) is 0 Å². The van der Waals surface area contributed by atoms with Crippen molar-refractivity contribution in [2.75, 3.05) is 20.8 Å². The molecule has 19 heavy (non-hydrogen) atoms. The monoisotopic (exact) mass is 267 g/mol. The third-order valence-corrected chi connectivity index (χ3v) is 2.84. The molecule has 0 saturated heterocycles. The van der Waals surface area contributed by atoms with Crippen molar-refractivity contribution in [1.29, 1.82) is 0 Å². The molecule has 0 aliphatic rings. The maximum absolute atomic E-state index is 5.80. The molecular weight excluding hydrogens is 242 g/mol. The molecule has 0 aromatic heterocycles. The van der Waals surface area contributed by atoms with Crippen molar-refractivity contribution in [2.45, 2.75) is 39.5 Å². The molecule has 0 radical (unpaired) electrons. The third kappa shape index (κ3) is 5.49. The van der Waals surface area contributed by atoms with Crippen LogP contribution in [0.1, 0.15) is 26.3 Å². The topological polar surface area (TPSA) is 39.7 Å². The molecule has 1 rings (SSSR count). The lowest BCUT2D eigenvalue weighted by Crippen LogP contribution is -2.23. The molecule has 4 heteroatoms. The fourth-order valence-electron chi connectivity index (χ4n) is 1.55. The summed E-state index contributed by atoms with van der Waals surface area (Å²) in [5.41, 5.74) is 1.09. The first-order chi connectivity index (χ1) is 9.06. The minimum atomic E-state index is 0.0769. The van der Waals surface area contributed by atoms with Crippen LogP contribution < -0.4 is 14.8 Å². The predicted octanol–water partition coefficient (Wildman–Crippen LogP) is 2.61. The van der Waals surface area contributed by atoms with E-state index >= 15 is 0 Å². The Kier molecular flexibility index (Phi) is 6.67. The van der Waals surface area contributed by atoms with E-state index in [1.807, 2.05) is 25.1 Å². The Balaban J connectivity index is 2.76. The molecule has 0 heterocycles. The van der Waals surface area contributed by atoms with E-state index in [2.05, 4.69) is 19.2 Å². The lowest BCUT2D eigenvalue weighted by molar-refractivity contribution is 0.0712. The highest BCUT2D eigenvalue weighted by Crippen LogP contribution is 2.24. The number of methoxy groups -OCH3 is 2. The quantitative estimate of drug-likeness (QED) is 0.786. The van der Waals surface area contributed by atoms with Crippen molar-refractivity contribution in [3.63, 3.8) is 0 Å². The molecular formula is C15H25NO3. The molecule has 0 fully saturated rings. The van der Waals surface area contributed by atoms with Gasteiger partial charge < -0.3 is 19.5 Å². The highest BCUT2D eigenvalue weighted by molar-refractivity contribution is 5.40. The summed E-state index contributed by atoms with van der Waals surface area (Å²) in [5, 5.41) is 3.39. The summed E-state index contributed by atoms with van der Waals surface area (Å²) in [6.07, 6.45) is 0.0769. The second-order valence-electron chi connectivity index (χ2n) is 4.87. The summed E-state index contributed by atoms with van der Waals surface area (Å²) in [7, 11) is 3.35. The van der Waals surface area contributed by atoms with Crippen LogP contribution in [0.3, 0.4) is 0 Å². The molecule has 1 unspecified atom stereocenters. The van der Waals surface area contributed by atoms with Gasteiger partial charge in [0.15, 0.2) is 0 Å². The van der Waals surface area contributed by atoms with Crippen molar-refractivity contribution < 1.29 is 14.2 Å². The van der Waals surface area contributed by atoms with Crippen molar-refractivity contribution in [3.8, 4) is 11.5 Å². The summed E-state index contributed by atoms with van der Waals surface area (Å²) in [6, 6.07) is 6.28. The lowest BCUT2D eigenvalue weighted by Gasteiger charge is -2.17. The van der Waals surface area contributed by atoms with Gasteiger partial charge in [-0.3, -0.25) is 0 Å². The van der Waals surface area contributed by atoms with Gasteiger partial charge in [-0.25, -0.2) is 0 Å². The summed E-state index contributed by atoms with van der Waals surface area (Å²) in [5.74, 6) is 1.71. The van der Waals surface area contributed by atoms with Crippen LogP contribution in [-0.4, -0.2) is 33.0 Å². The van der Waals surface area contributed by atoms with Crippen LogP contribution in [0.25, 0.3) is 0 Å². The molecule has 1 aromatic rings. The highest BCUT2D eigenvalue weighted by atomic mass is 16.5. The van der Waals surface area contributed by atoms with Crippen LogP contribution in [0.5, 0.6) is 11.5 Å². The zero-order valence-corrected chi connectivity index (χ0v) is 12.5. The van der Waals surface area contributed by atoms with Gasteiger partial charge in [-0.05, 0) is 25.1 Å². The van der Waals surface area contributed by atoms with E-state index in [9.17, 15) is 0 Å². The fraction of sp³-hybridized carbons (Fsp3) is 0.600. The van der Waals surface area contributed by atoms with E-state index in [0.29, 0.717) is 12.6 Å². The van der Waals surface area contributed by atoms with Gasteiger partial charge in [0.05, 0.1) is 13.2 Å². The van der Waals surface area contributed by atoms with Crippen molar-refractivity contribution in [3.05, 3.63) is 23.8 Å². The van der Waals surface area contributed by atoms with Gasteiger partial charge >= 0.3 is 0 Å². The smallest absolute Gasteiger partial charge is 0.124 e. The maximum Gasteiger partial charge on any atom is 0.124 e. The van der Waals surface area contributed by atoms with Gasteiger partial charge in [-0.2, -0.15) is 0 Å². The number of hydrogen-bond acceptors (Lipinski definition) is 4. The fourth-order valence-corrected chi connectivity index (χ4v) is 1.55. The molecule has 1 aromatic carbocycles. The van der Waals surface area contributed by atoms with E-state index in [1.54, 1.807) is 14.2 Å². The van der Waals surface area contributed by atoms with Crippen LogP contribution >= 0.6 is 0 Å². The summed E-state index contributed by atoms with van der Waals surface area (Å²) < 4.78 is 16.2. The van der Waals surface area contributed by atoms with Crippen LogP contribution in [0, 0.1) is 0 Å². The molecule has 0 amide bonds. The Hall–Kier alpha value is -1.26. The largest absolute Gasteiger partial charge is 0.497 e. The zero-order chi connectivity index (χ0) is 14.3. The van der Waals surface area contributed by atoms with E-state index in [4.69, 9.17) is 14.2 Å². The molecule has 0 saturated carbocycles. The minimum Gasteiger partial charge on any atom is -0.497 e. The summed E-state index contributed by atoms with van der Waals surface area (Å²) in [6.45, 7) is 7.51. The van der Waals surface area contributed by atoms with Gasteiger partial charge in [-0.1, -0.05) is 13.8 Å². The number of nitrogens with one attached hydrogen (secondary N) is 1. The first-order valence-electron chi connectivity index (χ1n) is 6.62. The van der Waals surface area contributed by atoms with Gasteiger partial charge in [0, 0.05) is 25.3 Å². The molecule has 0 aliphatic carbocycles. The average Bonchev–Trinajstić information content (AvgIpc) is 2.42. The average molecular weight is 267 g/mol. The predicted molar refractivity (Wildman–Crippen MR) is 76.9 cm³/mol. The number of benzene rings is 1. The molecule has 0 spiro atoms. The van der Waals surface area contributed by atoms with Crippen LogP contribution in [-0.2, 0) is 11.3 Å². The summed E-state index contributed by atoms with van der Waals surface area (Å²) in [4.78, 5) is 0. The summed E-state index contributed by atoms with van der Waals surface area (Å²) >= 11 is 0. The number of ether oxygens (including phenoxy) is 3. The lowest BCUT2D eigenvalue weighted by atomic mass is 10.1. The molecule has 108 valence electrons. The van der Waals surface area contributed by atoms with E-state index in [1.165, 1.54) is 0 Å². The Bertz CT molecular complexity index is 380. The first kappa shape index (κ1) is 15.8. The normalized spacial score (nSPS) is 12.5. The zero-order valence-electron chi connectivity index (χ0n) is 12.5. The van der Waals surface area contributed by atoms with Crippen molar-refractivity contribution in [1.82, 2.24) is 5.32 Å². The number of rotatable bonds is 8. The maximum atomic E-state index is 5.80. The second-order valence-corrected chi connectivity index (χ2v) is 4.87. The van der Waals surface area contributed by atoms with Gasteiger partial charge in [0.25, 0.3) is 0 Å². The van der Waals surface area contributed by atoms with E-state index in [-0.39, 0.29) is 6.10 Å². The second kappa shape index (κ2) is 8.02. The van der Waals surface area contributed by atoms with Gasteiger partial charge in [0.2, 0.25) is 0 Å². The highest BCUT2D eigenvalue weighted by Gasteiger charge is 2.08. The SMILES string of the molecule is COc1ccc(OCC(C)OC)c(CNC(C)C)c1. The molecule has 4 nitrogen and oxygen atoms in total. The van der Waals surface area contributed by atoms with Crippen molar-refractivity contribution >= 4 is 0 Å².